The van der Waals surface area contributed by atoms with E-state index in [0.717, 1.165) is 11.3 Å². The second-order valence-corrected chi connectivity index (χ2v) is 5.11. The van der Waals surface area contributed by atoms with Gasteiger partial charge in [0.25, 0.3) is 5.22 Å². The molecule has 0 amide bonds. The fraction of sp³-hybridized carbons (Fsp3) is 0.308. The van der Waals surface area contributed by atoms with E-state index in [2.05, 4.69) is 4.98 Å². The van der Waals surface area contributed by atoms with Crippen molar-refractivity contribution < 1.29 is 9.52 Å². The van der Waals surface area contributed by atoms with E-state index in [0.29, 0.717) is 11.0 Å². The molecule has 2 aromatic rings. The third-order valence-electron chi connectivity index (χ3n) is 2.47. The summed E-state index contributed by atoms with van der Waals surface area (Å²) in [4.78, 5) is 4.19. The van der Waals surface area contributed by atoms with Crippen LogP contribution in [0.5, 0.6) is 0 Å². The van der Waals surface area contributed by atoms with E-state index in [1.165, 1.54) is 11.8 Å². The first-order valence-corrected chi connectivity index (χ1v) is 6.39. The zero-order chi connectivity index (χ0) is 12.3. The smallest absolute Gasteiger partial charge is 0.255 e. The van der Waals surface area contributed by atoms with E-state index < -0.39 is 5.60 Å². The monoisotopic (exact) mass is 249 g/mol. The second-order valence-electron chi connectivity index (χ2n) is 4.18. The number of aryl methyl sites for hydroxylation is 1. The van der Waals surface area contributed by atoms with Crippen LogP contribution in [0, 0.1) is 6.92 Å². The number of hydrogen-bond donors (Lipinski definition) is 1. The largest absolute Gasteiger partial charge is 0.440 e. The number of aromatic nitrogens is 1. The lowest BCUT2D eigenvalue weighted by Gasteiger charge is -2.22. The normalized spacial score (nSPS) is 14.5. The summed E-state index contributed by atoms with van der Waals surface area (Å²) in [6, 6.07) is 9.61. The van der Waals surface area contributed by atoms with Gasteiger partial charge < -0.3 is 9.52 Å². The predicted octanol–water partition coefficient (Wildman–Crippen LogP) is 2.98. The molecule has 0 fully saturated rings. The summed E-state index contributed by atoms with van der Waals surface area (Å²) in [5, 5.41) is 11.0. The molecular weight excluding hydrogens is 234 g/mol. The molecule has 1 unspecified atom stereocenters. The molecule has 0 radical (unpaired) electrons. The molecule has 0 spiro atoms. The van der Waals surface area contributed by atoms with Crippen LogP contribution in [0.15, 0.2) is 46.2 Å². The van der Waals surface area contributed by atoms with Crippen LogP contribution in [-0.2, 0) is 5.60 Å². The van der Waals surface area contributed by atoms with E-state index in [1.807, 2.05) is 37.3 Å². The van der Waals surface area contributed by atoms with E-state index in [1.54, 1.807) is 13.2 Å². The summed E-state index contributed by atoms with van der Waals surface area (Å²) < 4.78 is 5.24. The van der Waals surface area contributed by atoms with Crippen molar-refractivity contribution in [2.24, 2.45) is 0 Å². The van der Waals surface area contributed by atoms with Crippen molar-refractivity contribution in [3.05, 3.63) is 47.9 Å². The molecule has 3 nitrogen and oxygen atoms in total. The Balaban J connectivity index is 2.03. The van der Waals surface area contributed by atoms with Gasteiger partial charge in [0.15, 0.2) is 0 Å². The fourth-order valence-corrected chi connectivity index (χ4v) is 2.38. The van der Waals surface area contributed by atoms with Crippen molar-refractivity contribution in [3.63, 3.8) is 0 Å². The van der Waals surface area contributed by atoms with E-state index >= 15 is 0 Å². The maximum Gasteiger partial charge on any atom is 0.255 e. The van der Waals surface area contributed by atoms with Gasteiger partial charge in [-0.1, -0.05) is 42.1 Å². The lowest BCUT2D eigenvalue weighted by Crippen LogP contribution is -2.24. The van der Waals surface area contributed by atoms with Crippen molar-refractivity contribution >= 4 is 11.8 Å². The van der Waals surface area contributed by atoms with Gasteiger partial charge in [-0.25, -0.2) is 4.98 Å². The maximum atomic E-state index is 10.4. The van der Waals surface area contributed by atoms with Crippen molar-refractivity contribution in [1.29, 1.82) is 0 Å². The van der Waals surface area contributed by atoms with Gasteiger partial charge >= 0.3 is 0 Å². The van der Waals surface area contributed by atoms with Crippen LogP contribution in [0.3, 0.4) is 0 Å². The van der Waals surface area contributed by atoms with Crippen molar-refractivity contribution in [3.8, 4) is 0 Å². The Hall–Kier alpha value is -1.26. The molecule has 1 N–H and O–H groups in total. The Morgan fingerprint density at radius 2 is 2.06 bits per heavy atom. The van der Waals surface area contributed by atoms with Gasteiger partial charge in [0.1, 0.15) is 6.26 Å². The first kappa shape index (κ1) is 12.2. The van der Waals surface area contributed by atoms with Crippen LogP contribution in [0.4, 0.5) is 0 Å². The molecule has 2 rings (SSSR count). The van der Waals surface area contributed by atoms with Crippen molar-refractivity contribution in [1.82, 2.24) is 4.98 Å². The first-order chi connectivity index (χ1) is 8.08. The fourth-order valence-electron chi connectivity index (χ4n) is 1.48. The molecule has 17 heavy (non-hydrogen) atoms. The average Bonchev–Trinajstić information content (AvgIpc) is 2.74. The van der Waals surface area contributed by atoms with Crippen molar-refractivity contribution in [2.45, 2.75) is 24.7 Å². The van der Waals surface area contributed by atoms with Crippen LogP contribution in [-0.4, -0.2) is 15.8 Å². The third kappa shape index (κ3) is 3.11. The highest BCUT2D eigenvalue weighted by atomic mass is 32.2. The van der Waals surface area contributed by atoms with E-state index in [4.69, 9.17) is 4.42 Å². The molecule has 4 heteroatoms. The van der Waals surface area contributed by atoms with E-state index in [9.17, 15) is 5.11 Å². The predicted molar refractivity (Wildman–Crippen MR) is 68.0 cm³/mol. The van der Waals surface area contributed by atoms with Gasteiger partial charge in [0, 0.05) is 5.75 Å². The van der Waals surface area contributed by atoms with Crippen LogP contribution >= 0.6 is 11.8 Å². The summed E-state index contributed by atoms with van der Waals surface area (Å²) in [6.45, 7) is 3.67. The van der Waals surface area contributed by atoms with Gasteiger partial charge in [-0.15, -0.1) is 0 Å². The van der Waals surface area contributed by atoms with Gasteiger partial charge in [-0.3, -0.25) is 0 Å². The molecule has 0 aliphatic carbocycles. The zero-order valence-electron chi connectivity index (χ0n) is 9.88. The number of thioether (sulfide) groups is 1. The number of rotatable bonds is 4. The highest BCUT2D eigenvalue weighted by Crippen LogP contribution is 2.28. The van der Waals surface area contributed by atoms with Crippen LogP contribution in [0.1, 0.15) is 18.2 Å². The van der Waals surface area contributed by atoms with Gasteiger partial charge in [0.05, 0.1) is 11.3 Å². The topological polar surface area (TPSA) is 46.3 Å². The van der Waals surface area contributed by atoms with Gasteiger partial charge in [-0.2, -0.15) is 0 Å². The number of oxazole rings is 1. The molecular formula is C13H15NO2S. The number of benzene rings is 1. The third-order valence-corrected chi connectivity index (χ3v) is 3.61. The van der Waals surface area contributed by atoms with Gasteiger partial charge in [-0.05, 0) is 19.4 Å². The minimum absolute atomic E-state index is 0.511. The summed E-state index contributed by atoms with van der Waals surface area (Å²) in [7, 11) is 0. The Kier molecular flexibility index (Phi) is 3.54. The average molecular weight is 249 g/mol. The minimum atomic E-state index is -0.881. The minimum Gasteiger partial charge on any atom is -0.440 e. The standard InChI is InChI=1S/C13H15NO2S/c1-10-8-16-12(14-10)17-9-13(2,15)11-6-4-3-5-7-11/h3-8,15H,9H2,1-2H3. The van der Waals surface area contributed by atoms with Crippen LogP contribution in [0.2, 0.25) is 0 Å². The van der Waals surface area contributed by atoms with Crippen molar-refractivity contribution in [2.75, 3.05) is 5.75 Å². The molecule has 0 saturated heterocycles. The molecule has 0 aliphatic rings. The highest BCUT2D eigenvalue weighted by molar-refractivity contribution is 7.99. The number of nitrogens with zero attached hydrogens (tertiary/aromatic N) is 1. The molecule has 1 heterocycles. The van der Waals surface area contributed by atoms with Crippen LogP contribution in [0.25, 0.3) is 0 Å². The Bertz CT molecular complexity index is 479. The highest BCUT2D eigenvalue weighted by Gasteiger charge is 2.23. The Morgan fingerprint density at radius 3 is 2.65 bits per heavy atom. The molecule has 0 bridgehead atoms. The molecule has 1 atom stereocenters. The molecule has 1 aromatic carbocycles. The Morgan fingerprint density at radius 1 is 1.35 bits per heavy atom. The zero-order valence-corrected chi connectivity index (χ0v) is 10.7. The quantitative estimate of drug-likeness (QED) is 0.846. The lowest BCUT2D eigenvalue weighted by molar-refractivity contribution is 0.0837. The molecule has 0 saturated carbocycles. The van der Waals surface area contributed by atoms with Gasteiger partial charge in [0.2, 0.25) is 0 Å². The molecule has 1 aromatic heterocycles. The summed E-state index contributed by atoms with van der Waals surface area (Å²) in [5.41, 5.74) is 0.872. The Labute approximate surface area is 105 Å². The maximum absolute atomic E-state index is 10.4. The lowest BCUT2D eigenvalue weighted by atomic mass is 9.99. The number of aliphatic hydroxyl groups is 1. The summed E-state index contributed by atoms with van der Waals surface area (Å²) >= 11 is 1.42. The van der Waals surface area contributed by atoms with E-state index in [-0.39, 0.29) is 0 Å². The number of hydrogen-bond acceptors (Lipinski definition) is 4. The first-order valence-electron chi connectivity index (χ1n) is 5.41. The summed E-state index contributed by atoms with van der Waals surface area (Å²) in [5.74, 6) is 0.511. The molecule has 0 aliphatic heterocycles. The second kappa shape index (κ2) is 4.94. The summed E-state index contributed by atoms with van der Waals surface area (Å²) in [6.07, 6.45) is 1.61. The molecule has 90 valence electrons. The SMILES string of the molecule is Cc1coc(SCC(C)(O)c2ccccc2)n1. The van der Waals surface area contributed by atoms with Crippen LogP contribution < -0.4 is 0 Å².